The molecule has 6 nitrogen and oxygen atoms in total. The number of ether oxygens (including phenoxy) is 1. The van der Waals surface area contributed by atoms with Gasteiger partial charge in [-0.2, -0.15) is 0 Å². The van der Waals surface area contributed by atoms with E-state index in [0.717, 1.165) is 18.7 Å². The van der Waals surface area contributed by atoms with Gasteiger partial charge in [-0.1, -0.05) is 26.0 Å². The third-order valence-electron chi connectivity index (χ3n) is 3.55. The Bertz CT molecular complexity index is 639. The van der Waals surface area contributed by atoms with E-state index >= 15 is 0 Å². The van der Waals surface area contributed by atoms with Crippen LogP contribution in [0.4, 0.5) is 11.5 Å². The zero-order valence-corrected chi connectivity index (χ0v) is 14.4. The Balaban J connectivity index is 1.90. The number of anilines is 2. The molecule has 2 aromatic rings. The molecular weight excluding hydrogens is 304 g/mol. The van der Waals surface area contributed by atoms with E-state index in [-0.39, 0.29) is 11.6 Å². The van der Waals surface area contributed by atoms with Gasteiger partial charge in [-0.25, -0.2) is 9.97 Å². The maximum atomic E-state index is 12.2. The third kappa shape index (κ3) is 5.31. The molecule has 0 radical (unpaired) electrons. The van der Waals surface area contributed by atoms with Gasteiger partial charge in [-0.05, 0) is 30.0 Å². The zero-order valence-electron chi connectivity index (χ0n) is 14.4. The molecule has 1 aromatic heterocycles. The number of carbonyl (C=O) groups is 1. The minimum atomic E-state index is -0.272. The van der Waals surface area contributed by atoms with E-state index in [9.17, 15) is 4.79 Å². The Morgan fingerprint density at radius 3 is 2.50 bits per heavy atom. The lowest BCUT2D eigenvalue weighted by Gasteiger charge is -2.08. The van der Waals surface area contributed by atoms with E-state index in [1.807, 2.05) is 24.3 Å². The van der Waals surface area contributed by atoms with Gasteiger partial charge in [0.1, 0.15) is 11.5 Å². The van der Waals surface area contributed by atoms with E-state index in [4.69, 9.17) is 4.74 Å². The SMILES string of the molecule is COCCCNc1cnc(C(=O)Nc2ccc(C(C)C)cc2)cn1. The predicted molar refractivity (Wildman–Crippen MR) is 95.5 cm³/mol. The Morgan fingerprint density at radius 2 is 1.92 bits per heavy atom. The van der Waals surface area contributed by atoms with Crippen molar-refractivity contribution in [3.63, 3.8) is 0 Å². The fourth-order valence-electron chi connectivity index (χ4n) is 2.12. The second-order valence-corrected chi connectivity index (χ2v) is 5.79. The molecule has 1 aromatic carbocycles. The summed E-state index contributed by atoms with van der Waals surface area (Å²) < 4.78 is 4.98. The lowest BCUT2D eigenvalue weighted by atomic mass is 10.0. The Labute approximate surface area is 142 Å². The molecule has 128 valence electrons. The van der Waals surface area contributed by atoms with Gasteiger partial charge in [0.25, 0.3) is 5.91 Å². The van der Waals surface area contributed by atoms with E-state index < -0.39 is 0 Å². The molecule has 0 bridgehead atoms. The van der Waals surface area contributed by atoms with Crippen LogP contribution in [0.3, 0.4) is 0 Å². The molecule has 0 aliphatic rings. The normalized spacial score (nSPS) is 10.7. The van der Waals surface area contributed by atoms with Crippen molar-refractivity contribution in [1.82, 2.24) is 9.97 Å². The molecule has 0 saturated carbocycles. The summed E-state index contributed by atoms with van der Waals surface area (Å²) in [5, 5.41) is 5.95. The lowest BCUT2D eigenvalue weighted by molar-refractivity contribution is 0.102. The summed E-state index contributed by atoms with van der Waals surface area (Å²) in [6.45, 7) is 5.70. The molecule has 24 heavy (non-hydrogen) atoms. The highest BCUT2D eigenvalue weighted by Crippen LogP contribution is 2.17. The Morgan fingerprint density at radius 1 is 1.17 bits per heavy atom. The molecule has 0 atom stereocenters. The van der Waals surface area contributed by atoms with Crippen LogP contribution in [0, 0.1) is 0 Å². The van der Waals surface area contributed by atoms with Gasteiger partial charge in [-0.3, -0.25) is 4.79 Å². The summed E-state index contributed by atoms with van der Waals surface area (Å²) in [7, 11) is 1.67. The number of hydrogen-bond donors (Lipinski definition) is 2. The summed E-state index contributed by atoms with van der Waals surface area (Å²) >= 11 is 0. The van der Waals surface area contributed by atoms with Crippen molar-refractivity contribution >= 4 is 17.4 Å². The number of amides is 1. The monoisotopic (exact) mass is 328 g/mol. The van der Waals surface area contributed by atoms with Crippen LogP contribution in [-0.4, -0.2) is 36.1 Å². The maximum absolute atomic E-state index is 12.2. The summed E-state index contributed by atoms with van der Waals surface area (Å²) in [5.41, 5.74) is 2.26. The molecule has 0 saturated heterocycles. The van der Waals surface area contributed by atoms with Crippen LogP contribution < -0.4 is 10.6 Å². The molecular formula is C18H24N4O2. The molecule has 0 aliphatic heterocycles. The molecule has 1 heterocycles. The van der Waals surface area contributed by atoms with Crippen molar-refractivity contribution in [3.05, 3.63) is 47.9 Å². The van der Waals surface area contributed by atoms with Crippen molar-refractivity contribution in [2.24, 2.45) is 0 Å². The molecule has 2 N–H and O–H groups in total. The number of carbonyl (C=O) groups excluding carboxylic acids is 1. The number of nitrogens with zero attached hydrogens (tertiary/aromatic N) is 2. The number of aromatic nitrogens is 2. The number of benzene rings is 1. The molecule has 1 amide bonds. The zero-order chi connectivity index (χ0) is 17.4. The summed E-state index contributed by atoms with van der Waals surface area (Å²) in [5.74, 6) is 0.833. The lowest BCUT2D eigenvalue weighted by Crippen LogP contribution is -2.15. The van der Waals surface area contributed by atoms with Crippen molar-refractivity contribution in [2.75, 3.05) is 30.9 Å². The minimum absolute atomic E-state index is 0.272. The first-order valence-electron chi connectivity index (χ1n) is 8.06. The van der Waals surface area contributed by atoms with Crippen LogP contribution in [-0.2, 0) is 4.74 Å². The third-order valence-corrected chi connectivity index (χ3v) is 3.55. The highest BCUT2D eigenvalue weighted by atomic mass is 16.5. The smallest absolute Gasteiger partial charge is 0.275 e. The van der Waals surface area contributed by atoms with Crippen LogP contribution in [0.2, 0.25) is 0 Å². The van der Waals surface area contributed by atoms with Crippen molar-refractivity contribution in [3.8, 4) is 0 Å². The molecule has 0 aliphatic carbocycles. The number of hydrogen-bond acceptors (Lipinski definition) is 5. The topological polar surface area (TPSA) is 76.1 Å². The van der Waals surface area contributed by atoms with Crippen LogP contribution in [0.15, 0.2) is 36.7 Å². The summed E-state index contributed by atoms with van der Waals surface area (Å²) in [4.78, 5) is 20.5. The molecule has 0 fully saturated rings. The summed E-state index contributed by atoms with van der Waals surface area (Å²) in [6, 6.07) is 7.82. The van der Waals surface area contributed by atoms with Gasteiger partial charge in [0.05, 0.1) is 12.4 Å². The average molecular weight is 328 g/mol. The van der Waals surface area contributed by atoms with Crippen LogP contribution >= 0.6 is 0 Å². The van der Waals surface area contributed by atoms with Crippen molar-refractivity contribution < 1.29 is 9.53 Å². The Hall–Kier alpha value is -2.47. The average Bonchev–Trinajstić information content (AvgIpc) is 2.59. The van der Waals surface area contributed by atoms with E-state index in [2.05, 4.69) is 34.4 Å². The highest BCUT2D eigenvalue weighted by Gasteiger charge is 2.09. The van der Waals surface area contributed by atoms with Crippen molar-refractivity contribution in [1.29, 1.82) is 0 Å². The van der Waals surface area contributed by atoms with Gasteiger partial charge in [-0.15, -0.1) is 0 Å². The van der Waals surface area contributed by atoms with E-state index in [1.165, 1.54) is 11.8 Å². The fraction of sp³-hybridized carbons (Fsp3) is 0.389. The molecule has 2 rings (SSSR count). The second-order valence-electron chi connectivity index (χ2n) is 5.79. The van der Waals surface area contributed by atoms with Gasteiger partial charge in [0, 0.05) is 25.9 Å². The first kappa shape index (κ1) is 17.9. The fourth-order valence-corrected chi connectivity index (χ4v) is 2.12. The second kappa shape index (κ2) is 8.98. The molecule has 0 unspecified atom stereocenters. The van der Waals surface area contributed by atoms with Gasteiger partial charge in [0.2, 0.25) is 0 Å². The molecule has 0 spiro atoms. The summed E-state index contributed by atoms with van der Waals surface area (Å²) in [6.07, 6.45) is 3.91. The minimum Gasteiger partial charge on any atom is -0.385 e. The number of nitrogens with one attached hydrogen (secondary N) is 2. The van der Waals surface area contributed by atoms with Crippen molar-refractivity contribution in [2.45, 2.75) is 26.2 Å². The van der Waals surface area contributed by atoms with Gasteiger partial charge in [0.15, 0.2) is 0 Å². The van der Waals surface area contributed by atoms with E-state index in [0.29, 0.717) is 18.3 Å². The highest BCUT2D eigenvalue weighted by molar-refractivity contribution is 6.02. The van der Waals surface area contributed by atoms with Crippen LogP contribution in [0.1, 0.15) is 42.2 Å². The number of methoxy groups -OCH3 is 1. The van der Waals surface area contributed by atoms with Gasteiger partial charge >= 0.3 is 0 Å². The quantitative estimate of drug-likeness (QED) is 0.727. The number of rotatable bonds is 8. The van der Waals surface area contributed by atoms with Crippen LogP contribution in [0.5, 0.6) is 0 Å². The van der Waals surface area contributed by atoms with Crippen LogP contribution in [0.25, 0.3) is 0 Å². The first-order valence-corrected chi connectivity index (χ1v) is 8.06. The maximum Gasteiger partial charge on any atom is 0.275 e. The predicted octanol–water partition coefficient (Wildman–Crippen LogP) is 3.30. The van der Waals surface area contributed by atoms with E-state index in [1.54, 1.807) is 13.3 Å². The van der Waals surface area contributed by atoms with Gasteiger partial charge < -0.3 is 15.4 Å². The first-order chi connectivity index (χ1) is 11.6. The largest absolute Gasteiger partial charge is 0.385 e. The molecule has 6 heteroatoms. The Kier molecular flexibility index (Phi) is 6.69. The standard InChI is InChI=1S/C18H24N4O2/c1-13(2)14-5-7-15(8-6-14)22-18(23)16-11-21-17(12-20-16)19-9-4-10-24-3/h5-8,11-13H,4,9-10H2,1-3H3,(H,19,21)(H,22,23).